The van der Waals surface area contributed by atoms with Crippen molar-refractivity contribution < 1.29 is 19.1 Å². The van der Waals surface area contributed by atoms with E-state index in [-0.39, 0.29) is 17.9 Å². The van der Waals surface area contributed by atoms with Crippen LogP contribution in [0.4, 0.5) is 5.69 Å². The van der Waals surface area contributed by atoms with Crippen molar-refractivity contribution in [1.29, 1.82) is 0 Å². The summed E-state index contributed by atoms with van der Waals surface area (Å²) in [6.07, 6.45) is 0.825. The predicted octanol–water partition coefficient (Wildman–Crippen LogP) is 1.77. The maximum Gasteiger partial charge on any atom is 0.336 e. The fourth-order valence-electron chi connectivity index (χ4n) is 2.56. The summed E-state index contributed by atoms with van der Waals surface area (Å²) < 4.78 is 4.73. The Labute approximate surface area is 134 Å². The molecule has 1 aliphatic rings. The number of carbonyl (C=O) groups excluding carboxylic acids is 3. The third-order valence-electron chi connectivity index (χ3n) is 3.82. The van der Waals surface area contributed by atoms with E-state index >= 15 is 0 Å². The number of amides is 2. The van der Waals surface area contributed by atoms with Gasteiger partial charge in [0.2, 0.25) is 11.8 Å². The first-order chi connectivity index (χ1) is 11.0. The number of aryl methyl sites for hydroxylation is 1. The molecule has 1 heterocycles. The molecule has 1 aliphatic heterocycles. The number of carbonyl (C=O) groups is 3. The summed E-state index contributed by atoms with van der Waals surface area (Å²) in [6.45, 7) is 3.63. The van der Waals surface area contributed by atoms with E-state index in [2.05, 4.69) is 10.6 Å². The molecule has 1 aromatic rings. The highest BCUT2D eigenvalue weighted by atomic mass is 16.5. The molecule has 1 atom stereocenters. The zero-order valence-electron chi connectivity index (χ0n) is 13.4. The van der Waals surface area contributed by atoms with Crippen molar-refractivity contribution in [3.05, 3.63) is 41.1 Å². The zero-order chi connectivity index (χ0) is 17.0. The van der Waals surface area contributed by atoms with Gasteiger partial charge in [-0.25, -0.2) is 4.79 Å². The second kappa shape index (κ2) is 7.09. The lowest BCUT2D eigenvalue weighted by Crippen LogP contribution is -2.40. The lowest BCUT2D eigenvalue weighted by atomic mass is 9.89. The summed E-state index contributed by atoms with van der Waals surface area (Å²) in [7, 11) is 1.25. The van der Waals surface area contributed by atoms with Crippen LogP contribution in [0.2, 0.25) is 0 Å². The number of esters is 1. The fraction of sp³-hybridized carbons (Fsp3) is 0.353. The Morgan fingerprint density at radius 2 is 1.96 bits per heavy atom. The maximum atomic E-state index is 12.5. The van der Waals surface area contributed by atoms with Gasteiger partial charge in [-0.05, 0) is 31.0 Å². The van der Waals surface area contributed by atoms with Gasteiger partial charge in [0.05, 0.1) is 18.6 Å². The molecule has 0 fully saturated rings. The quantitative estimate of drug-likeness (QED) is 0.829. The van der Waals surface area contributed by atoms with E-state index < -0.39 is 17.8 Å². The highest BCUT2D eigenvalue weighted by Gasteiger charge is 2.36. The van der Waals surface area contributed by atoms with E-state index in [1.165, 1.54) is 7.11 Å². The predicted molar refractivity (Wildman–Crippen MR) is 85.4 cm³/mol. The van der Waals surface area contributed by atoms with Crippen LogP contribution >= 0.6 is 0 Å². The van der Waals surface area contributed by atoms with Crippen molar-refractivity contribution >= 4 is 23.5 Å². The first-order valence-corrected chi connectivity index (χ1v) is 7.45. The molecule has 0 bridgehead atoms. The number of nitrogens with one attached hydrogen (secondary N) is 2. The molecule has 23 heavy (non-hydrogen) atoms. The van der Waals surface area contributed by atoms with Crippen LogP contribution in [0, 0.1) is 5.92 Å². The van der Waals surface area contributed by atoms with Crippen molar-refractivity contribution in [3.63, 3.8) is 0 Å². The zero-order valence-corrected chi connectivity index (χ0v) is 13.4. The highest BCUT2D eigenvalue weighted by molar-refractivity contribution is 6.06. The molecule has 1 aromatic carbocycles. The highest BCUT2D eigenvalue weighted by Crippen LogP contribution is 2.25. The molecule has 0 saturated heterocycles. The smallest absolute Gasteiger partial charge is 0.336 e. The van der Waals surface area contributed by atoms with Crippen LogP contribution in [0.25, 0.3) is 0 Å². The van der Waals surface area contributed by atoms with Gasteiger partial charge in [-0.1, -0.05) is 19.1 Å². The summed E-state index contributed by atoms with van der Waals surface area (Å²) in [6, 6.07) is 7.44. The van der Waals surface area contributed by atoms with Crippen LogP contribution in [-0.4, -0.2) is 24.9 Å². The molecule has 0 aliphatic carbocycles. The van der Waals surface area contributed by atoms with Crippen molar-refractivity contribution in [1.82, 2.24) is 5.32 Å². The van der Waals surface area contributed by atoms with Gasteiger partial charge < -0.3 is 15.4 Å². The third kappa shape index (κ3) is 3.77. The maximum absolute atomic E-state index is 12.5. The molecule has 0 radical (unpaired) electrons. The van der Waals surface area contributed by atoms with Crippen molar-refractivity contribution in [2.24, 2.45) is 5.92 Å². The topological polar surface area (TPSA) is 84.5 Å². The summed E-state index contributed by atoms with van der Waals surface area (Å²) in [5.74, 6) is -2.16. The monoisotopic (exact) mass is 316 g/mol. The van der Waals surface area contributed by atoms with Crippen molar-refractivity contribution in [2.75, 3.05) is 12.4 Å². The Bertz CT molecular complexity index is 662. The number of anilines is 1. The van der Waals surface area contributed by atoms with Crippen LogP contribution < -0.4 is 10.6 Å². The minimum absolute atomic E-state index is 0.0827. The van der Waals surface area contributed by atoms with Crippen LogP contribution in [0.1, 0.15) is 25.8 Å². The molecule has 0 saturated carbocycles. The molecule has 6 heteroatoms. The molecule has 1 unspecified atom stereocenters. The average Bonchev–Trinajstić information content (AvgIpc) is 2.54. The molecular formula is C17H20N2O4. The largest absolute Gasteiger partial charge is 0.466 e. The normalized spacial score (nSPS) is 17.5. The number of methoxy groups -OCH3 is 1. The van der Waals surface area contributed by atoms with E-state index in [4.69, 9.17) is 4.74 Å². The summed E-state index contributed by atoms with van der Waals surface area (Å²) in [5, 5.41) is 5.32. The van der Waals surface area contributed by atoms with Crippen LogP contribution in [-0.2, 0) is 25.5 Å². The molecule has 122 valence electrons. The first kappa shape index (κ1) is 16.7. The Kier molecular flexibility index (Phi) is 5.16. The Morgan fingerprint density at radius 3 is 2.52 bits per heavy atom. The van der Waals surface area contributed by atoms with E-state index in [0.717, 1.165) is 12.0 Å². The van der Waals surface area contributed by atoms with Gasteiger partial charge in [-0.3, -0.25) is 9.59 Å². The van der Waals surface area contributed by atoms with E-state index in [9.17, 15) is 14.4 Å². The van der Waals surface area contributed by atoms with Gasteiger partial charge in [0.1, 0.15) is 0 Å². The van der Waals surface area contributed by atoms with Crippen molar-refractivity contribution in [2.45, 2.75) is 26.7 Å². The number of rotatable bonds is 4. The molecule has 0 spiro atoms. The summed E-state index contributed by atoms with van der Waals surface area (Å²) in [4.78, 5) is 36.1. The third-order valence-corrected chi connectivity index (χ3v) is 3.82. The molecular weight excluding hydrogens is 296 g/mol. The van der Waals surface area contributed by atoms with Gasteiger partial charge in [0.15, 0.2) is 0 Å². The fourth-order valence-corrected chi connectivity index (χ4v) is 2.56. The van der Waals surface area contributed by atoms with Gasteiger partial charge in [0.25, 0.3) is 0 Å². The summed E-state index contributed by atoms with van der Waals surface area (Å²) >= 11 is 0. The van der Waals surface area contributed by atoms with Crippen LogP contribution in [0.3, 0.4) is 0 Å². The number of benzene rings is 1. The first-order valence-electron chi connectivity index (χ1n) is 7.45. The van der Waals surface area contributed by atoms with E-state index in [1.54, 1.807) is 19.1 Å². The molecule has 2 rings (SSSR count). The SMILES string of the molecule is CCc1ccc(NC(=O)C2CC(=O)NC(C)=C2C(=O)OC)cc1. The minimum atomic E-state index is -0.859. The molecule has 0 aromatic heterocycles. The lowest BCUT2D eigenvalue weighted by Gasteiger charge is -2.25. The Hall–Kier alpha value is -2.63. The number of allylic oxidation sites excluding steroid dienone is 1. The second-order valence-electron chi connectivity index (χ2n) is 5.37. The second-order valence-corrected chi connectivity index (χ2v) is 5.37. The molecule has 2 amide bonds. The number of hydrogen-bond donors (Lipinski definition) is 2. The van der Waals surface area contributed by atoms with E-state index in [1.807, 2.05) is 19.1 Å². The average molecular weight is 316 g/mol. The minimum Gasteiger partial charge on any atom is -0.466 e. The van der Waals surface area contributed by atoms with Gasteiger partial charge in [-0.15, -0.1) is 0 Å². The molecule has 6 nitrogen and oxygen atoms in total. The Morgan fingerprint density at radius 1 is 1.30 bits per heavy atom. The van der Waals surface area contributed by atoms with Crippen LogP contribution in [0.5, 0.6) is 0 Å². The van der Waals surface area contributed by atoms with E-state index in [0.29, 0.717) is 11.4 Å². The number of ether oxygens (including phenoxy) is 1. The van der Waals surface area contributed by atoms with Gasteiger partial charge in [-0.2, -0.15) is 0 Å². The van der Waals surface area contributed by atoms with Gasteiger partial charge in [0, 0.05) is 17.8 Å². The number of hydrogen-bond acceptors (Lipinski definition) is 4. The Balaban J connectivity index is 2.22. The van der Waals surface area contributed by atoms with Crippen LogP contribution in [0.15, 0.2) is 35.5 Å². The lowest BCUT2D eigenvalue weighted by molar-refractivity contribution is -0.139. The molecule has 2 N–H and O–H groups in total. The van der Waals surface area contributed by atoms with Gasteiger partial charge >= 0.3 is 5.97 Å². The standard InChI is InChI=1S/C17H20N2O4/c1-4-11-5-7-12(8-6-11)19-16(21)13-9-14(20)18-10(2)15(13)17(22)23-3/h5-8,13H,4,9H2,1-3H3,(H,18,20)(H,19,21). The summed E-state index contributed by atoms with van der Waals surface area (Å²) in [5.41, 5.74) is 2.33. The van der Waals surface area contributed by atoms with Crippen molar-refractivity contribution in [3.8, 4) is 0 Å².